The number of amides is 12. The van der Waals surface area contributed by atoms with E-state index in [1.807, 2.05) is 0 Å². The Morgan fingerprint density at radius 1 is 0.206 bits per heavy atom. The van der Waals surface area contributed by atoms with Crippen LogP contribution >= 0.6 is 0 Å². The minimum absolute atomic E-state index is 0.0301. The molecule has 48 nitrogen and oxygen atoms in total. The van der Waals surface area contributed by atoms with E-state index >= 15 is 0 Å². The lowest BCUT2D eigenvalue weighted by molar-refractivity contribution is -0.142. The van der Waals surface area contributed by atoms with Gasteiger partial charge in [-0.3, -0.25) is 92.5 Å². The van der Waals surface area contributed by atoms with Crippen molar-refractivity contribution >= 4 is 119 Å². The zero-order valence-corrected chi connectivity index (χ0v) is 73.6. The fourth-order valence-electron chi connectivity index (χ4n) is 12.4. The molecule has 0 aliphatic rings. The normalized spacial score (nSPS) is 12.4. The highest BCUT2D eigenvalue weighted by atomic mass is 16.4. The summed E-state index contributed by atoms with van der Waals surface area (Å²) in [5.41, 5.74) is 82.2. The van der Waals surface area contributed by atoms with Crippen LogP contribution in [0.1, 0.15) is 244 Å². The molecule has 0 saturated carbocycles. The Bertz CT molecular complexity index is 3430. The van der Waals surface area contributed by atoms with Crippen LogP contribution in [0.15, 0.2) is 34.9 Å². The number of guanidine groups is 7. The Balaban J connectivity index is 5.26. The Morgan fingerprint density at radius 2 is 0.365 bits per heavy atom. The van der Waals surface area contributed by atoms with Gasteiger partial charge >= 0.3 is 5.97 Å². The highest BCUT2D eigenvalue weighted by Gasteiger charge is 2.27. The molecule has 7 atom stereocenters. The number of carboxylic acid groups (broad SMARTS) is 1. The monoisotopic (exact) mass is 1790 g/mol. The summed E-state index contributed by atoms with van der Waals surface area (Å²) in [6.07, 6.45) is 14.3. The first kappa shape index (κ1) is 114. The van der Waals surface area contributed by atoms with Gasteiger partial charge in [0.25, 0.3) is 0 Å². The van der Waals surface area contributed by atoms with Crippen LogP contribution in [0.4, 0.5) is 0 Å². The van der Waals surface area contributed by atoms with Crippen molar-refractivity contribution in [3.05, 3.63) is 0 Å². The zero-order valence-electron chi connectivity index (χ0n) is 73.6. The zero-order chi connectivity index (χ0) is 94.1. The molecule has 718 valence electrons. The van der Waals surface area contributed by atoms with E-state index in [4.69, 9.17) is 86.0 Å². The van der Waals surface area contributed by atoms with Gasteiger partial charge in [0.05, 0.1) is 6.04 Å². The third kappa shape index (κ3) is 67.4. The largest absolute Gasteiger partial charge is 0.480 e. The molecule has 0 radical (unpaired) electrons. The third-order valence-corrected chi connectivity index (χ3v) is 19.1. The maximum atomic E-state index is 13.5. The molecule has 0 bridgehead atoms. The molecule has 0 aliphatic carbocycles. The molecule has 0 aromatic carbocycles. The van der Waals surface area contributed by atoms with Gasteiger partial charge in [-0.2, -0.15) is 0 Å². The standard InChI is InChI=1S/C78H152N34O14/c79-52(26-19-45-100-72(80)81)65(119)94-39-13-1-7-33-59(113)107-53(27-20-46-101-73(82)83)66(120)95-40-14-2-8-34-60(114)108-54(28-21-47-102-74(84)85)67(121)96-41-15-3-9-35-61(115)109-55(29-22-48-103-75(86)87)68(122)97-42-16-4-10-36-62(116)110-56(30-23-49-104-76(88)89)69(123)98-43-17-5-11-37-63(117)111-57(31-24-50-105-77(90)91)70(124)99-44-18-6-12-38-64(118)112-58(71(125)126)32-25-51-106-78(92)93/h52-58H,1-51,79H2,(H,94,119)(H,95,120)(H,96,121)(H,97,122)(H,98,123)(H,99,124)(H,107,113)(H,108,114)(H,109,115)(H,110,116)(H,111,117)(H,112,118)(H,125,126)(H4,80,81,100)(H4,82,83,101)(H4,84,85,102)(H4,86,87,103)(H4,88,89,104)(H4,90,91,105)(H4,92,93,106)/t52-,53-,54-,55-,56-,57-,58-/m0/s1. The minimum Gasteiger partial charge on any atom is -0.480 e. The number of aliphatic imine (C=N–C) groups is 7. The smallest absolute Gasteiger partial charge is 0.326 e. The van der Waals surface area contributed by atoms with Gasteiger partial charge in [-0.05, 0) is 167 Å². The van der Waals surface area contributed by atoms with Crippen LogP contribution in [-0.4, -0.2) is 251 Å². The number of carboxylic acids is 1. The van der Waals surface area contributed by atoms with Crippen LogP contribution in [0.3, 0.4) is 0 Å². The van der Waals surface area contributed by atoms with Crippen LogP contribution in [0, 0.1) is 0 Å². The summed E-state index contributed by atoms with van der Waals surface area (Å²) in [6, 6.07) is -6.26. The summed E-state index contributed by atoms with van der Waals surface area (Å²) in [4.78, 5) is 197. The summed E-state index contributed by atoms with van der Waals surface area (Å²) in [6.45, 7) is 3.34. The SMILES string of the molecule is NC(N)=NCCC[C@H](NC(=O)CCCCCNC(=O)[C@H](CCCN=C(N)N)NC(=O)CCCCCNC(=O)[C@H](CCCN=C(N)N)NC(=O)CCCCCNC(=O)[C@H](CCCN=C(N)N)NC(=O)CCCCCNC(=O)[C@H](CCCN=C(N)N)NC(=O)CCCCCNC(=O)[C@H](CCCN=C(N)N)NC(=O)CCCCCNC(=O)[C@@H](N)CCCN=C(N)N)C(=O)O. The number of carbonyl (C=O) groups excluding carboxylic acids is 12. The first-order valence-corrected chi connectivity index (χ1v) is 43.9. The number of nitrogens with two attached hydrogens (primary N) is 15. The molecule has 48 heteroatoms. The minimum atomic E-state index is -1.17. The van der Waals surface area contributed by atoms with Gasteiger partial charge in [0.15, 0.2) is 41.7 Å². The lowest BCUT2D eigenvalue weighted by atomic mass is 10.1. The Morgan fingerprint density at radius 3 is 0.540 bits per heavy atom. The molecule has 0 aromatic rings. The van der Waals surface area contributed by atoms with Crippen LogP contribution in [-0.2, 0) is 62.3 Å². The van der Waals surface area contributed by atoms with Crippen molar-refractivity contribution < 1.29 is 67.4 Å². The number of nitrogens with zero attached hydrogens (tertiary/aromatic N) is 7. The van der Waals surface area contributed by atoms with E-state index in [0.29, 0.717) is 180 Å². The number of hydrogen-bond donors (Lipinski definition) is 28. The number of rotatable bonds is 77. The predicted molar refractivity (Wildman–Crippen MR) is 485 cm³/mol. The van der Waals surface area contributed by atoms with Crippen molar-refractivity contribution in [2.24, 2.45) is 121 Å². The first-order valence-electron chi connectivity index (χ1n) is 43.9. The molecule has 43 N–H and O–H groups in total. The lowest BCUT2D eigenvalue weighted by Gasteiger charge is -2.19. The van der Waals surface area contributed by atoms with E-state index in [1.165, 1.54) is 0 Å². The second-order valence-corrected chi connectivity index (χ2v) is 30.4. The van der Waals surface area contributed by atoms with Gasteiger partial charge in [-0.15, -0.1) is 0 Å². The lowest BCUT2D eigenvalue weighted by Crippen LogP contribution is -2.47. The van der Waals surface area contributed by atoms with E-state index < -0.39 is 77.8 Å². The van der Waals surface area contributed by atoms with Crippen molar-refractivity contribution in [2.45, 2.75) is 286 Å². The van der Waals surface area contributed by atoms with E-state index in [2.05, 4.69) is 98.7 Å². The second-order valence-electron chi connectivity index (χ2n) is 30.4. The Kier molecular flexibility index (Phi) is 66.3. The average Bonchev–Trinajstić information content (AvgIpc) is 0.939. The summed E-state index contributed by atoms with van der Waals surface area (Å²) in [5, 5.41) is 43.1. The fraction of sp³-hybridized carbons (Fsp3) is 0.744. The summed E-state index contributed by atoms with van der Waals surface area (Å²) in [5.74, 6) is -6.46. The molecule has 0 spiro atoms. The Labute approximate surface area is 739 Å². The molecule has 0 fully saturated rings. The number of nitrogens with one attached hydrogen (secondary N) is 12. The fourth-order valence-corrected chi connectivity index (χ4v) is 12.4. The van der Waals surface area contributed by atoms with E-state index in [9.17, 15) is 67.4 Å². The molecule has 0 aromatic heterocycles. The quantitative estimate of drug-likeness (QED) is 0.0153. The van der Waals surface area contributed by atoms with Gasteiger partial charge in [-0.25, -0.2) is 4.79 Å². The number of unbranched alkanes of at least 4 members (excludes halogenated alkanes) is 12. The summed E-state index contributed by atoms with van der Waals surface area (Å²) >= 11 is 0. The van der Waals surface area contributed by atoms with Gasteiger partial charge < -0.3 is 155 Å². The molecular formula is C78H152N34O14. The second kappa shape index (κ2) is 73.3. The highest BCUT2D eigenvalue weighted by molar-refractivity contribution is 5.91. The molecule has 0 saturated heterocycles. The molecule has 126 heavy (non-hydrogen) atoms. The summed E-state index contributed by atoms with van der Waals surface area (Å²) < 4.78 is 0. The van der Waals surface area contributed by atoms with Crippen molar-refractivity contribution in [1.82, 2.24) is 63.8 Å². The first-order chi connectivity index (χ1) is 60.1. The molecule has 12 amide bonds. The topological polar surface area (TPSA) is 863 Å². The maximum Gasteiger partial charge on any atom is 0.326 e. The van der Waals surface area contributed by atoms with E-state index in [0.717, 1.165) is 0 Å². The number of aliphatic carboxylic acids is 1. The van der Waals surface area contributed by atoms with Gasteiger partial charge in [-0.1, -0.05) is 38.5 Å². The number of carbonyl (C=O) groups is 13. The van der Waals surface area contributed by atoms with Crippen LogP contribution < -0.4 is 150 Å². The molecular weight excluding hydrogens is 1640 g/mol. The van der Waals surface area contributed by atoms with Gasteiger partial charge in [0, 0.05) is 124 Å². The molecule has 0 heterocycles. The predicted octanol–water partition coefficient (Wildman–Crippen LogP) is -6.26. The molecule has 0 unspecified atom stereocenters. The molecule has 0 aliphatic heterocycles. The van der Waals surface area contributed by atoms with E-state index in [1.54, 1.807) is 0 Å². The van der Waals surface area contributed by atoms with Gasteiger partial charge in [0.1, 0.15) is 36.3 Å². The van der Waals surface area contributed by atoms with Crippen LogP contribution in [0.2, 0.25) is 0 Å². The number of hydrogen-bond acceptors (Lipinski definition) is 21. The van der Waals surface area contributed by atoms with Crippen molar-refractivity contribution in [3.63, 3.8) is 0 Å². The average molecular weight is 1790 g/mol. The van der Waals surface area contributed by atoms with Crippen molar-refractivity contribution in [1.29, 1.82) is 0 Å². The Hall–Kier alpha value is -12.0. The molecule has 0 rings (SSSR count). The van der Waals surface area contributed by atoms with Crippen LogP contribution in [0.5, 0.6) is 0 Å². The van der Waals surface area contributed by atoms with E-state index in [-0.39, 0.29) is 232 Å². The van der Waals surface area contributed by atoms with Gasteiger partial charge in [0.2, 0.25) is 70.9 Å². The van der Waals surface area contributed by atoms with Crippen molar-refractivity contribution in [2.75, 3.05) is 85.1 Å². The maximum absolute atomic E-state index is 13.5. The van der Waals surface area contributed by atoms with Crippen molar-refractivity contribution in [3.8, 4) is 0 Å². The third-order valence-electron chi connectivity index (χ3n) is 19.1. The highest BCUT2D eigenvalue weighted by Crippen LogP contribution is 2.12. The van der Waals surface area contributed by atoms with Crippen LogP contribution in [0.25, 0.3) is 0 Å². The summed E-state index contributed by atoms with van der Waals surface area (Å²) in [7, 11) is 0.